The van der Waals surface area contributed by atoms with Gasteiger partial charge in [-0.2, -0.15) is 0 Å². The van der Waals surface area contributed by atoms with Crippen molar-refractivity contribution in [3.63, 3.8) is 0 Å². The molecular weight excluding hydrogens is 215 g/mol. The first-order chi connectivity index (χ1) is 7.13. The molecule has 0 saturated carbocycles. The van der Waals surface area contributed by atoms with E-state index in [0.717, 1.165) is 12.1 Å². The maximum Gasteiger partial charge on any atom is 0.124 e. The average Bonchev–Trinajstić information content (AvgIpc) is 2.17. The predicted molar refractivity (Wildman–Crippen MR) is 61.6 cm³/mol. The first-order valence-electron chi connectivity index (χ1n) is 4.95. The van der Waals surface area contributed by atoms with Crippen LogP contribution in [0, 0.1) is 5.82 Å². The fraction of sp³-hybridized carbons (Fsp3) is 0.455. The van der Waals surface area contributed by atoms with E-state index < -0.39 is 0 Å². The summed E-state index contributed by atoms with van der Waals surface area (Å²) in [5.74, 6) is -0.299. The van der Waals surface area contributed by atoms with Crippen LogP contribution < -0.4 is 10.6 Å². The summed E-state index contributed by atoms with van der Waals surface area (Å²) in [6.07, 6.45) is 0. The molecule has 4 heteroatoms. The molecule has 0 aliphatic rings. The summed E-state index contributed by atoms with van der Waals surface area (Å²) in [7, 11) is 1.91. The molecule has 2 nitrogen and oxygen atoms in total. The van der Waals surface area contributed by atoms with Crippen LogP contribution in [0.3, 0.4) is 0 Å². The summed E-state index contributed by atoms with van der Waals surface area (Å²) in [6, 6.07) is 4.82. The third kappa shape index (κ3) is 4.16. The quantitative estimate of drug-likeness (QED) is 0.810. The molecule has 0 radical (unpaired) electrons. The Morgan fingerprint density at radius 3 is 2.80 bits per heavy atom. The third-order valence-electron chi connectivity index (χ3n) is 2.17. The average molecular weight is 231 g/mol. The van der Waals surface area contributed by atoms with Crippen molar-refractivity contribution in [1.29, 1.82) is 0 Å². The van der Waals surface area contributed by atoms with Crippen molar-refractivity contribution in [2.45, 2.75) is 19.5 Å². The monoisotopic (exact) mass is 230 g/mol. The second kappa shape index (κ2) is 6.05. The zero-order valence-corrected chi connectivity index (χ0v) is 9.74. The highest BCUT2D eigenvalue weighted by Gasteiger charge is 2.04. The van der Waals surface area contributed by atoms with Crippen LogP contribution in [0.1, 0.15) is 12.5 Å². The van der Waals surface area contributed by atoms with Gasteiger partial charge in [-0.3, -0.25) is 0 Å². The fourth-order valence-electron chi connectivity index (χ4n) is 1.33. The van der Waals surface area contributed by atoms with Gasteiger partial charge in [0, 0.05) is 24.2 Å². The summed E-state index contributed by atoms with van der Waals surface area (Å²) in [5, 5.41) is 6.83. The Kier molecular flexibility index (Phi) is 5.02. The Labute approximate surface area is 94.8 Å². The molecule has 0 amide bonds. The van der Waals surface area contributed by atoms with Gasteiger partial charge in [-0.1, -0.05) is 17.7 Å². The molecule has 0 aliphatic carbocycles. The molecular formula is C11H16ClFN2. The molecule has 0 bridgehead atoms. The van der Waals surface area contributed by atoms with Crippen LogP contribution in [0.4, 0.5) is 4.39 Å². The molecule has 0 fully saturated rings. The molecule has 0 saturated heterocycles. The zero-order valence-electron chi connectivity index (χ0n) is 8.98. The minimum absolute atomic E-state index is 0.299. The van der Waals surface area contributed by atoms with Crippen LogP contribution in [0.15, 0.2) is 18.2 Å². The predicted octanol–water partition coefficient (Wildman–Crippen LogP) is 2.18. The summed E-state index contributed by atoms with van der Waals surface area (Å²) in [5.41, 5.74) is 0.918. The lowest BCUT2D eigenvalue weighted by Gasteiger charge is -2.13. The standard InChI is InChI=1S/C11H16ClFN2/c1-8(6-14-2)15-7-9-3-4-10(13)5-11(9)12/h3-5,8,14-15H,6-7H2,1-2H3. The molecule has 0 heterocycles. The van der Waals surface area contributed by atoms with E-state index in [2.05, 4.69) is 17.6 Å². The minimum atomic E-state index is -0.299. The molecule has 1 atom stereocenters. The highest BCUT2D eigenvalue weighted by atomic mass is 35.5. The first kappa shape index (κ1) is 12.4. The van der Waals surface area contributed by atoms with Crippen molar-refractivity contribution in [2.75, 3.05) is 13.6 Å². The lowest BCUT2D eigenvalue weighted by molar-refractivity contribution is 0.522. The first-order valence-corrected chi connectivity index (χ1v) is 5.33. The SMILES string of the molecule is CNCC(C)NCc1ccc(F)cc1Cl. The van der Waals surface area contributed by atoms with Crippen LogP contribution in [-0.4, -0.2) is 19.6 Å². The lowest BCUT2D eigenvalue weighted by atomic mass is 10.2. The molecule has 2 N–H and O–H groups in total. The number of likely N-dealkylation sites (N-methyl/N-ethyl adjacent to an activating group) is 1. The normalized spacial score (nSPS) is 12.8. The van der Waals surface area contributed by atoms with E-state index in [0.29, 0.717) is 17.6 Å². The molecule has 84 valence electrons. The van der Waals surface area contributed by atoms with Gasteiger partial charge in [0.15, 0.2) is 0 Å². The van der Waals surface area contributed by atoms with Crippen molar-refractivity contribution in [3.8, 4) is 0 Å². The van der Waals surface area contributed by atoms with Crippen molar-refractivity contribution in [1.82, 2.24) is 10.6 Å². The topological polar surface area (TPSA) is 24.1 Å². The molecule has 1 unspecified atom stereocenters. The van der Waals surface area contributed by atoms with Crippen molar-refractivity contribution in [3.05, 3.63) is 34.6 Å². The second-order valence-corrected chi connectivity index (χ2v) is 3.98. The van der Waals surface area contributed by atoms with E-state index in [-0.39, 0.29) is 5.82 Å². The molecule has 1 aromatic rings. The molecule has 1 rings (SSSR count). The maximum absolute atomic E-state index is 12.8. The highest BCUT2D eigenvalue weighted by molar-refractivity contribution is 6.31. The third-order valence-corrected chi connectivity index (χ3v) is 2.52. The Hall–Kier alpha value is -0.640. The van der Waals surface area contributed by atoms with E-state index in [1.54, 1.807) is 6.07 Å². The largest absolute Gasteiger partial charge is 0.318 e. The van der Waals surface area contributed by atoms with Gasteiger partial charge in [-0.05, 0) is 31.7 Å². The van der Waals surface area contributed by atoms with Crippen LogP contribution in [0.2, 0.25) is 5.02 Å². The highest BCUT2D eigenvalue weighted by Crippen LogP contribution is 2.16. The van der Waals surface area contributed by atoms with E-state index in [9.17, 15) is 4.39 Å². The van der Waals surface area contributed by atoms with Gasteiger partial charge in [0.05, 0.1) is 0 Å². The molecule has 0 aliphatic heterocycles. The number of nitrogens with one attached hydrogen (secondary N) is 2. The van der Waals surface area contributed by atoms with Crippen LogP contribution in [0.5, 0.6) is 0 Å². The van der Waals surface area contributed by atoms with Gasteiger partial charge >= 0.3 is 0 Å². The second-order valence-electron chi connectivity index (χ2n) is 3.58. The Balaban J connectivity index is 2.50. The Bertz CT molecular complexity index is 317. The number of hydrogen-bond acceptors (Lipinski definition) is 2. The van der Waals surface area contributed by atoms with Gasteiger partial charge in [0.1, 0.15) is 5.82 Å². The summed E-state index contributed by atoms with van der Waals surface area (Å²) in [4.78, 5) is 0. The smallest absolute Gasteiger partial charge is 0.124 e. The number of rotatable bonds is 5. The van der Waals surface area contributed by atoms with Crippen LogP contribution in [0.25, 0.3) is 0 Å². The fourth-order valence-corrected chi connectivity index (χ4v) is 1.56. The van der Waals surface area contributed by atoms with E-state index in [1.807, 2.05) is 7.05 Å². The Morgan fingerprint density at radius 1 is 1.47 bits per heavy atom. The minimum Gasteiger partial charge on any atom is -0.318 e. The maximum atomic E-state index is 12.8. The number of hydrogen-bond donors (Lipinski definition) is 2. The van der Waals surface area contributed by atoms with Crippen molar-refractivity contribution in [2.24, 2.45) is 0 Å². The molecule has 0 aromatic heterocycles. The van der Waals surface area contributed by atoms with Crippen LogP contribution >= 0.6 is 11.6 Å². The van der Waals surface area contributed by atoms with Crippen molar-refractivity contribution < 1.29 is 4.39 Å². The molecule has 1 aromatic carbocycles. The summed E-state index contributed by atoms with van der Waals surface area (Å²) in [6.45, 7) is 3.62. The molecule has 0 spiro atoms. The van der Waals surface area contributed by atoms with E-state index in [4.69, 9.17) is 11.6 Å². The lowest BCUT2D eigenvalue weighted by Crippen LogP contribution is -2.34. The Morgan fingerprint density at radius 2 is 2.20 bits per heavy atom. The van der Waals surface area contributed by atoms with Gasteiger partial charge in [-0.25, -0.2) is 4.39 Å². The summed E-state index contributed by atoms with van der Waals surface area (Å²) >= 11 is 5.89. The van der Waals surface area contributed by atoms with E-state index in [1.165, 1.54) is 12.1 Å². The number of benzene rings is 1. The van der Waals surface area contributed by atoms with Crippen molar-refractivity contribution >= 4 is 11.6 Å². The summed E-state index contributed by atoms with van der Waals surface area (Å²) < 4.78 is 12.8. The van der Waals surface area contributed by atoms with Crippen LogP contribution in [-0.2, 0) is 6.54 Å². The van der Waals surface area contributed by atoms with Gasteiger partial charge in [0.2, 0.25) is 0 Å². The molecule has 15 heavy (non-hydrogen) atoms. The zero-order chi connectivity index (χ0) is 11.3. The van der Waals surface area contributed by atoms with E-state index >= 15 is 0 Å². The van der Waals surface area contributed by atoms with Gasteiger partial charge in [-0.15, -0.1) is 0 Å². The van der Waals surface area contributed by atoms with Gasteiger partial charge < -0.3 is 10.6 Å². The van der Waals surface area contributed by atoms with Gasteiger partial charge in [0.25, 0.3) is 0 Å². The number of halogens is 2.